The van der Waals surface area contributed by atoms with Gasteiger partial charge in [0.1, 0.15) is 4.90 Å². The van der Waals surface area contributed by atoms with Crippen molar-refractivity contribution in [3.05, 3.63) is 27.2 Å². The number of nitrogens with zero attached hydrogens (tertiary/aromatic N) is 1. The van der Waals surface area contributed by atoms with Gasteiger partial charge in [0, 0.05) is 6.04 Å². The Labute approximate surface area is 154 Å². The lowest BCUT2D eigenvalue weighted by Crippen LogP contribution is -2.33. The van der Waals surface area contributed by atoms with Gasteiger partial charge in [-0.3, -0.25) is 0 Å². The van der Waals surface area contributed by atoms with Crippen molar-refractivity contribution in [2.24, 2.45) is 0 Å². The van der Waals surface area contributed by atoms with E-state index in [1.807, 2.05) is 6.92 Å². The monoisotopic (exact) mass is 400 g/mol. The molecule has 1 atom stereocenters. The minimum atomic E-state index is -3.73. The van der Waals surface area contributed by atoms with Crippen LogP contribution in [-0.2, 0) is 10.0 Å². The lowest BCUT2D eigenvalue weighted by atomic mass is 10.2. The molecule has 1 N–H and O–H groups in total. The van der Waals surface area contributed by atoms with E-state index in [2.05, 4.69) is 23.5 Å². The predicted octanol–water partition coefficient (Wildman–Crippen LogP) is 4.44. The normalized spacial score (nSPS) is 13.5. The topological polar surface area (TPSA) is 49.4 Å². The van der Waals surface area contributed by atoms with Crippen molar-refractivity contribution in [2.75, 3.05) is 19.6 Å². The first-order chi connectivity index (χ1) is 10.7. The zero-order chi connectivity index (χ0) is 17.6. The van der Waals surface area contributed by atoms with E-state index in [-0.39, 0.29) is 26.0 Å². The first kappa shape index (κ1) is 21.0. The highest BCUT2D eigenvalue weighted by atomic mass is 35.5. The molecule has 4 nitrogen and oxygen atoms in total. The summed E-state index contributed by atoms with van der Waals surface area (Å²) in [6.45, 7) is 9.01. The molecule has 1 aromatic rings. The summed E-state index contributed by atoms with van der Waals surface area (Å²) in [5.41, 5.74) is 0. The molecular weight excluding hydrogens is 379 g/mol. The van der Waals surface area contributed by atoms with Crippen LogP contribution in [0.4, 0.5) is 0 Å². The van der Waals surface area contributed by atoms with Crippen LogP contribution in [0.5, 0.6) is 0 Å². The molecule has 0 fully saturated rings. The average molecular weight is 402 g/mol. The maximum Gasteiger partial charge on any atom is 0.242 e. The highest BCUT2D eigenvalue weighted by Crippen LogP contribution is 2.31. The van der Waals surface area contributed by atoms with E-state index in [0.29, 0.717) is 0 Å². The van der Waals surface area contributed by atoms with Crippen LogP contribution in [-0.4, -0.2) is 39.0 Å². The molecular formula is C15H23Cl3N2O2S. The highest BCUT2D eigenvalue weighted by molar-refractivity contribution is 7.89. The van der Waals surface area contributed by atoms with Gasteiger partial charge in [-0.05, 0) is 51.5 Å². The number of hydrogen-bond donors (Lipinski definition) is 1. The van der Waals surface area contributed by atoms with Crippen LogP contribution in [0, 0.1) is 0 Å². The van der Waals surface area contributed by atoms with E-state index in [1.54, 1.807) is 0 Å². The Hall–Kier alpha value is -0.0400. The molecule has 0 heterocycles. The van der Waals surface area contributed by atoms with Crippen molar-refractivity contribution in [1.82, 2.24) is 9.62 Å². The zero-order valence-electron chi connectivity index (χ0n) is 13.6. The van der Waals surface area contributed by atoms with E-state index in [9.17, 15) is 8.42 Å². The summed E-state index contributed by atoms with van der Waals surface area (Å²) < 4.78 is 27.5. The summed E-state index contributed by atoms with van der Waals surface area (Å²) in [5, 5.41) is 0.441. The third-order valence-electron chi connectivity index (χ3n) is 3.63. The number of nitrogens with one attached hydrogen (secondary N) is 1. The van der Waals surface area contributed by atoms with Crippen LogP contribution in [0.3, 0.4) is 0 Å². The Morgan fingerprint density at radius 1 is 1.09 bits per heavy atom. The summed E-state index contributed by atoms with van der Waals surface area (Å²) in [6.07, 6.45) is 1.66. The maximum absolute atomic E-state index is 12.4. The third kappa shape index (κ3) is 6.40. The van der Waals surface area contributed by atoms with Gasteiger partial charge < -0.3 is 4.90 Å². The van der Waals surface area contributed by atoms with E-state index in [1.165, 1.54) is 12.1 Å². The fourth-order valence-corrected chi connectivity index (χ4v) is 4.54. The van der Waals surface area contributed by atoms with Gasteiger partial charge in [0.05, 0.1) is 15.1 Å². The van der Waals surface area contributed by atoms with Crippen LogP contribution < -0.4 is 4.72 Å². The number of halogens is 3. The van der Waals surface area contributed by atoms with Crippen LogP contribution in [0.25, 0.3) is 0 Å². The highest BCUT2D eigenvalue weighted by Gasteiger charge is 2.22. The molecule has 0 unspecified atom stereocenters. The summed E-state index contributed by atoms with van der Waals surface area (Å²) >= 11 is 17.7. The van der Waals surface area contributed by atoms with Crippen molar-refractivity contribution in [3.63, 3.8) is 0 Å². The van der Waals surface area contributed by atoms with E-state index in [0.717, 1.165) is 32.5 Å². The number of rotatable bonds is 9. The number of hydrogen-bond acceptors (Lipinski definition) is 3. The van der Waals surface area contributed by atoms with Crippen molar-refractivity contribution in [2.45, 2.75) is 44.6 Å². The molecule has 0 aromatic heterocycles. The first-order valence-corrected chi connectivity index (χ1v) is 10.2. The quantitative estimate of drug-likeness (QED) is 0.622. The molecule has 23 heavy (non-hydrogen) atoms. The Balaban J connectivity index is 2.70. The molecule has 8 heteroatoms. The van der Waals surface area contributed by atoms with Crippen molar-refractivity contribution in [3.8, 4) is 0 Å². The van der Waals surface area contributed by atoms with E-state index in [4.69, 9.17) is 34.8 Å². The average Bonchev–Trinajstić information content (AvgIpc) is 2.46. The molecule has 1 aromatic carbocycles. The molecule has 0 amide bonds. The molecule has 0 spiro atoms. The Morgan fingerprint density at radius 2 is 1.65 bits per heavy atom. The SMILES string of the molecule is CCN(CC)CCC[C@@H](C)NS(=O)(=O)c1cc(Cl)c(Cl)cc1Cl. The fourth-order valence-electron chi connectivity index (χ4n) is 2.26. The molecule has 0 bridgehead atoms. The first-order valence-electron chi connectivity index (χ1n) is 7.60. The summed E-state index contributed by atoms with van der Waals surface area (Å²) in [4.78, 5) is 2.25. The fraction of sp³-hybridized carbons (Fsp3) is 0.600. The lowest BCUT2D eigenvalue weighted by Gasteiger charge is -2.20. The molecule has 1 rings (SSSR count). The minimum absolute atomic E-state index is 0.0517. The molecule has 0 aliphatic heterocycles. The smallest absolute Gasteiger partial charge is 0.242 e. The van der Waals surface area contributed by atoms with Crippen LogP contribution in [0.15, 0.2) is 17.0 Å². The second kappa shape index (κ2) is 9.44. The van der Waals surface area contributed by atoms with Crippen LogP contribution in [0.1, 0.15) is 33.6 Å². The van der Waals surface area contributed by atoms with Gasteiger partial charge in [0.15, 0.2) is 0 Å². The minimum Gasteiger partial charge on any atom is -0.304 e. The second-order valence-electron chi connectivity index (χ2n) is 5.39. The van der Waals surface area contributed by atoms with E-state index < -0.39 is 10.0 Å². The van der Waals surface area contributed by atoms with Crippen molar-refractivity contribution in [1.29, 1.82) is 0 Å². The van der Waals surface area contributed by atoms with Crippen molar-refractivity contribution >= 4 is 44.8 Å². The Morgan fingerprint density at radius 3 is 2.22 bits per heavy atom. The van der Waals surface area contributed by atoms with Gasteiger partial charge in [-0.25, -0.2) is 13.1 Å². The summed E-state index contributed by atoms with van der Waals surface area (Å²) in [5.74, 6) is 0. The van der Waals surface area contributed by atoms with Gasteiger partial charge in [-0.2, -0.15) is 0 Å². The van der Waals surface area contributed by atoms with Gasteiger partial charge in [-0.15, -0.1) is 0 Å². The second-order valence-corrected chi connectivity index (χ2v) is 8.29. The molecule has 0 saturated heterocycles. The largest absolute Gasteiger partial charge is 0.304 e. The zero-order valence-corrected chi connectivity index (χ0v) is 16.7. The van der Waals surface area contributed by atoms with Gasteiger partial charge in [0.2, 0.25) is 10.0 Å². The molecule has 0 saturated carbocycles. The van der Waals surface area contributed by atoms with Crippen LogP contribution >= 0.6 is 34.8 Å². The maximum atomic E-state index is 12.4. The predicted molar refractivity (Wildman–Crippen MR) is 98.3 cm³/mol. The third-order valence-corrected chi connectivity index (χ3v) is 6.40. The van der Waals surface area contributed by atoms with Gasteiger partial charge >= 0.3 is 0 Å². The van der Waals surface area contributed by atoms with Crippen molar-refractivity contribution < 1.29 is 8.42 Å². The molecule has 0 aliphatic carbocycles. The Bertz CT molecular complexity index is 619. The lowest BCUT2D eigenvalue weighted by molar-refractivity contribution is 0.293. The summed E-state index contributed by atoms with van der Waals surface area (Å²) in [6, 6.07) is 2.42. The Kier molecular flexibility index (Phi) is 8.63. The van der Waals surface area contributed by atoms with Crippen LogP contribution in [0.2, 0.25) is 15.1 Å². The standard InChI is InChI=1S/C15H23Cl3N2O2S/c1-4-20(5-2)8-6-7-11(3)19-23(21,22)15-10-13(17)12(16)9-14(15)18/h9-11,19H,4-8H2,1-3H3/t11-/m1/s1. The molecule has 0 aliphatic rings. The van der Waals surface area contributed by atoms with Gasteiger partial charge in [-0.1, -0.05) is 48.7 Å². The van der Waals surface area contributed by atoms with Gasteiger partial charge in [0.25, 0.3) is 0 Å². The molecule has 0 radical (unpaired) electrons. The number of sulfonamides is 1. The van der Waals surface area contributed by atoms with E-state index >= 15 is 0 Å². The number of benzene rings is 1. The molecule has 132 valence electrons. The summed E-state index contributed by atoms with van der Waals surface area (Å²) in [7, 11) is -3.73.